The van der Waals surface area contributed by atoms with Gasteiger partial charge in [-0.1, -0.05) is 17.7 Å². The number of anilines is 1. The lowest BCUT2D eigenvalue weighted by molar-refractivity contribution is -0.141. The second-order valence-corrected chi connectivity index (χ2v) is 4.94. The first kappa shape index (κ1) is 10.6. The van der Waals surface area contributed by atoms with Crippen LogP contribution in [0.1, 0.15) is 0 Å². The van der Waals surface area contributed by atoms with Gasteiger partial charge in [-0.25, -0.2) is 4.79 Å². The second kappa shape index (κ2) is 3.94. The van der Waals surface area contributed by atoms with Gasteiger partial charge in [0.25, 0.3) is 0 Å². The highest BCUT2D eigenvalue weighted by Crippen LogP contribution is 2.33. The number of carboxylic acids is 1. The van der Waals surface area contributed by atoms with E-state index in [1.165, 1.54) is 0 Å². The zero-order valence-electron chi connectivity index (χ0n) is 7.87. The summed E-state index contributed by atoms with van der Waals surface area (Å²) in [4.78, 5) is 11.1. The number of aliphatic carboxylic acids is 1. The van der Waals surface area contributed by atoms with E-state index in [1.54, 1.807) is 30.0 Å². The Morgan fingerprint density at radius 3 is 2.73 bits per heavy atom. The smallest absolute Gasteiger partial charge is 0.331 e. The number of benzene rings is 1. The Kier molecular flexibility index (Phi) is 2.80. The molecule has 0 spiro atoms. The number of carboxylic acid groups (broad SMARTS) is 1. The van der Waals surface area contributed by atoms with Crippen LogP contribution in [0.5, 0.6) is 0 Å². The van der Waals surface area contributed by atoms with E-state index in [4.69, 9.17) is 16.7 Å². The summed E-state index contributed by atoms with van der Waals surface area (Å²) >= 11 is 7.44. The van der Waals surface area contributed by atoms with E-state index in [-0.39, 0.29) is 0 Å². The summed E-state index contributed by atoms with van der Waals surface area (Å²) in [5.41, 5.74) is -0.0554. The maximum Gasteiger partial charge on any atom is 0.331 e. The van der Waals surface area contributed by atoms with E-state index in [0.29, 0.717) is 16.5 Å². The molecule has 0 atom stereocenters. The van der Waals surface area contributed by atoms with Gasteiger partial charge in [0, 0.05) is 22.2 Å². The Bertz CT molecular complexity index is 393. The van der Waals surface area contributed by atoms with Crippen LogP contribution < -0.4 is 5.32 Å². The lowest BCUT2D eigenvalue weighted by Crippen LogP contribution is -2.57. The molecule has 0 saturated carbocycles. The highest BCUT2D eigenvalue weighted by atomic mass is 35.5. The third kappa shape index (κ3) is 2.06. The molecule has 1 saturated heterocycles. The molecular weight excluding hydrogens is 234 g/mol. The van der Waals surface area contributed by atoms with Gasteiger partial charge in [-0.15, -0.1) is 0 Å². The van der Waals surface area contributed by atoms with Gasteiger partial charge in [0.2, 0.25) is 0 Å². The minimum absolute atomic E-state index is 0.592. The number of hydrogen-bond acceptors (Lipinski definition) is 3. The molecule has 0 bridgehead atoms. The fourth-order valence-electron chi connectivity index (χ4n) is 1.40. The zero-order chi connectivity index (χ0) is 10.9. The van der Waals surface area contributed by atoms with Crippen molar-refractivity contribution in [3.63, 3.8) is 0 Å². The van der Waals surface area contributed by atoms with E-state index in [1.807, 2.05) is 6.07 Å². The first-order valence-electron chi connectivity index (χ1n) is 4.47. The molecule has 80 valence electrons. The second-order valence-electron chi connectivity index (χ2n) is 3.52. The van der Waals surface area contributed by atoms with Crippen molar-refractivity contribution in [2.75, 3.05) is 16.8 Å². The first-order valence-corrected chi connectivity index (χ1v) is 6.01. The zero-order valence-corrected chi connectivity index (χ0v) is 9.44. The van der Waals surface area contributed by atoms with Crippen LogP contribution in [-0.4, -0.2) is 28.1 Å². The summed E-state index contributed by atoms with van der Waals surface area (Å²) in [5, 5.41) is 12.7. The molecule has 0 aromatic heterocycles. The van der Waals surface area contributed by atoms with Gasteiger partial charge in [0.15, 0.2) is 5.54 Å². The minimum atomic E-state index is -0.810. The number of rotatable bonds is 3. The molecule has 3 nitrogen and oxygen atoms in total. The van der Waals surface area contributed by atoms with Crippen LogP contribution in [0, 0.1) is 0 Å². The molecule has 0 radical (unpaired) electrons. The summed E-state index contributed by atoms with van der Waals surface area (Å²) in [6.07, 6.45) is 0. The molecule has 1 aliphatic heterocycles. The van der Waals surface area contributed by atoms with E-state index in [2.05, 4.69) is 5.32 Å². The van der Waals surface area contributed by atoms with Crippen molar-refractivity contribution in [1.29, 1.82) is 0 Å². The predicted octanol–water partition coefficient (Wildman–Crippen LogP) is 2.32. The fraction of sp³-hybridized carbons (Fsp3) is 0.300. The van der Waals surface area contributed by atoms with Gasteiger partial charge < -0.3 is 10.4 Å². The predicted molar refractivity (Wildman–Crippen MR) is 62.8 cm³/mol. The van der Waals surface area contributed by atoms with Crippen LogP contribution in [-0.2, 0) is 4.79 Å². The van der Waals surface area contributed by atoms with Crippen LogP contribution in [0.25, 0.3) is 0 Å². The van der Waals surface area contributed by atoms with Crippen molar-refractivity contribution in [1.82, 2.24) is 0 Å². The summed E-state index contributed by atoms with van der Waals surface area (Å²) in [5.74, 6) is 0.380. The van der Waals surface area contributed by atoms with Crippen molar-refractivity contribution in [3.05, 3.63) is 29.3 Å². The Morgan fingerprint density at radius 2 is 2.27 bits per heavy atom. The Balaban J connectivity index is 2.17. The molecule has 1 aromatic rings. The van der Waals surface area contributed by atoms with Gasteiger partial charge in [-0.05, 0) is 18.2 Å². The number of halogens is 1. The summed E-state index contributed by atoms with van der Waals surface area (Å²) in [7, 11) is 0. The SMILES string of the molecule is O=C(O)C1(Nc2cccc(Cl)c2)CSC1. The normalized spacial score (nSPS) is 17.9. The molecule has 5 heteroatoms. The average molecular weight is 244 g/mol. The van der Waals surface area contributed by atoms with E-state index in [0.717, 1.165) is 5.69 Å². The third-order valence-corrected chi connectivity index (χ3v) is 3.94. The maximum absolute atomic E-state index is 11.1. The highest BCUT2D eigenvalue weighted by molar-refractivity contribution is 8.01. The fourth-order valence-corrected chi connectivity index (χ4v) is 2.59. The third-order valence-electron chi connectivity index (χ3n) is 2.31. The average Bonchev–Trinajstić information content (AvgIpc) is 2.11. The van der Waals surface area contributed by atoms with Crippen molar-refractivity contribution >= 4 is 35.0 Å². The van der Waals surface area contributed by atoms with Crippen molar-refractivity contribution < 1.29 is 9.90 Å². The van der Waals surface area contributed by atoms with Crippen LogP contribution in [0.3, 0.4) is 0 Å². The van der Waals surface area contributed by atoms with Crippen molar-refractivity contribution in [2.24, 2.45) is 0 Å². The van der Waals surface area contributed by atoms with Gasteiger partial charge in [0.05, 0.1) is 0 Å². The van der Waals surface area contributed by atoms with Crippen LogP contribution in [0.4, 0.5) is 5.69 Å². The van der Waals surface area contributed by atoms with Gasteiger partial charge in [-0.3, -0.25) is 0 Å². The standard InChI is InChI=1S/C10H10ClNO2S/c11-7-2-1-3-8(4-7)12-10(9(13)14)5-15-6-10/h1-4,12H,5-6H2,(H,13,14). The molecule has 1 heterocycles. The number of hydrogen-bond donors (Lipinski definition) is 2. The van der Waals surface area contributed by atoms with Crippen molar-refractivity contribution in [3.8, 4) is 0 Å². The van der Waals surface area contributed by atoms with Crippen LogP contribution >= 0.6 is 23.4 Å². The van der Waals surface area contributed by atoms with Gasteiger partial charge in [0.1, 0.15) is 0 Å². The Morgan fingerprint density at radius 1 is 1.53 bits per heavy atom. The molecule has 0 amide bonds. The number of thioether (sulfide) groups is 1. The minimum Gasteiger partial charge on any atom is -0.479 e. The summed E-state index contributed by atoms with van der Waals surface area (Å²) in [6.45, 7) is 0. The van der Waals surface area contributed by atoms with E-state index < -0.39 is 11.5 Å². The van der Waals surface area contributed by atoms with Gasteiger partial charge >= 0.3 is 5.97 Å². The molecule has 1 fully saturated rings. The molecular formula is C10H10ClNO2S. The molecule has 1 aliphatic rings. The highest BCUT2D eigenvalue weighted by Gasteiger charge is 2.45. The Labute approximate surface area is 96.8 Å². The summed E-state index contributed by atoms with van der Waals surface area (Å²) < 4.78 is 0. The van der Waals surface area contributed by atoms with Crippen molar-refractivity contribution in [2.45, 2.75) is 5.54 Å². The number of nitrogens with one attached hydrogen (secondary N) is 1. The Hall–Kier alpha value is -0.870. The van der Waals surface area contributed by atoms with E-state index >= 15 is 0 Å². The largest absolute Gasteiger partial charge is 0.479 e. The number of carbonyl (C=O) groups is 1. The molecule has 1 aromatic carbocycles. The molecule has 2 N–H and O–H groups in total. The molecule has 0 aliphatic carbocycles. The quantitative estimate of drug-likeness (QED) is 0.856. The molecule has 0 unspecified atom stereocenters. The topological polar surface area (TPSA) is 49.3 Å². The monoisotopic (exact) mass is 243 g/mol. The molecule has 15 heavy (non-hydrogen) atoms. The summed E-state index contributed by atoms with van der Waals surface area (Å²) in [6, 6.07) is 7.11. The molecule has 2 rings (SSSR count). The lowest BCUT2D eigenvalue weighted by atomic mass is 10.0. The van der Waals surface area contributed by atoms with Crippen LogP contribution in [0.2, 0.25) is 5.02 Å². The van der Waals surface area contributed by atoms with Gasteiger partial charge in [-0.2, -0.15) is 11.8 Å². The maximum atomic E-state index is 11.1. The first-order chi connectivity index (χ1) is 7.12. The van der Waals surface area contributed by atoms with E-state index in [9.17, 15) is 4.79 Å². The lowest BCUT2D eigenvalue weighted by Gasteiger charge is -2.38. The van der Waals surface area contributed by atoms with Crippen LogP contribution in [0.15, 0.2) is 24.3 Å².